The van der Waals surface area contributed by atoms with Crippen LogP contribution in [0.5, 0.6) is 0 Å². The van der Waals surface area contributed by atoms with Gasteiger partial charge in [0, 0.05) is 28.1 Å². The molecule has 1 unspecified atom stereocenters. The Hall–Kier alpha value is -3.43. The van der Waals surface area contributed by atoms with Crippen LogP contribution in [0.2, 0.25) is 0 Å². The highest BCUT2D eigenvalue weighted by atomic mass is 32.1. The number of anilines is 2. The average Bonchev–Trinajstić information content (AvgIpc) is 3.37. The van der Waals surface area contributed by atoms with Gasteiger partial charge in [0.2, 0.25) is 5.91 Å². The van der Waals surface area contributed by atoms with Crippen LogP contribution in [0, 0.1) is 0 Å². The number of amides is 3. The second-order valence-corrected chi connectivity index (χ2v) is 7.32. The predicted octanol–water partition coefficient (Wildman–Crippen LogP) is 2.64. The quantitative estimate of drug-likeness (QED) is 0.463. The van der Waals surface area contributed by atoms with Gasteiger partial charge in [-0.25, -0.2) is 0 Å². The van der Waals surface area contributed by atoms with Gasteiger partial charge < -0.3 is 25.5 Å². The van der Waals surface area contributed by atoms with Gasteiger partial charge >= 0.3 is 11.8 Å². The van der Waals surface area contributed by atoms with Crippen molar-refractivity contribution in [1.82, 2.24) is 5.32 Å². The van der Waals surface area contributed by atoms with Crippen LogP contribution in [-0.4, -0.2) is 22.8 Å². The number of hydrogen-bond donors (Lipinski definition) is 4. The monoisotopic (exact) mass is 413 g/mol. The Morgan fingerprint density at radius 2 is 1.79 bits per heavy atom. The van der Waals surface area contributed by atoms with Crippen molar-refractivity contribution in [2.75, 3.05) is 10.6 Å². The summed E-state index contributed by atoms with van der Waals surface area (Å²) in [6.07, 6.45) is 0.608. The molecule has 1 aromatic carbocycles. The molecule has 9 heteroatoms. The molecule has 0 aliphatic heterocycles. The fourth-order valence-electron chi connectivity index (χ4n) is 2.54. The molecular formula is C20H19N3O5S. The number of benzene rings is 1. The Labute approximate surface area is 170 Å². The molecule has 2 aromatic heterocycles. The molecular weight excluding hydrogens is 394 g/mol. The first-order chi connectivity index (χ1) is 13.9. The standard InChI is InChI=1S/C20H19N3O5S/c1-12(24)22-13-4-2-5-14(10-13)23-20(27)19(26)21-11-15-7-8-17(29-15)18(25)16-6-3-9-28-16/h2-10,18,25H,11H2,1H3,(H,21,26)(H,22,24)(H,23,27). The number of aliphatic hydroxyl groups is 1. The summed E-state index contributed by atoms with van der Waals surface area (Å²) in [4.78, 5) is 36.7. The van der Waals surface area contributed by atoms with Gasteiger partial charge in [0.25, 0.3) is 0 Å². The highest BCUT2D eigenvalue weighted by Gasteiger charge is 2.17. The van der Waals surface area contributed by atoms with Crippen LogP contribution >= 0.6 is 11.3 Å². The van der Waals surface area contributed by atoms with Crippen molar-refractivity contribution in [3.63, 3.8) is 0 Å². The first kappa shape index (κ1) is 20.3. The minimum Gasteiger partial charge on any atom is -0.466 e. The summed E-state index contributed by atoms with van der Waals surface area (Å²) in [5.74, 6) is -1.42. The molecule has 0 radical (unpaired) electrons. The summed E-state index contributed by atoms with van der Waals surface area (Å²) in [5.41, 5.74) is 0.897. The van der Waals surface area contributed by atoms with Crippen LogP contribution < -0.4 is 16.0 Å². The lowest BCUT2D eigenvalue weighted by molar-refractivity contribution is -0.136. The molecule has 0 fully saturated rings. The minimum absolute atomic E-state index is 0.147. The summed E-state index contributed by atoms with van der Waals surface area (Å²) in [6.45, 7) is 1.52. The Kier molecular flexibility index (Phi) is 6.43. The molecule has 3 aromatic rings. The van der Waals surface area contributed by atoms with Gasteiger partial charge in [0.1, 0.15) is 11.9 Å². The largest absolute Gasteiger partial charge is 0.466 e. The zero-order valence-electron chi connectivity index (χ0n) is 15.5. The average molecular weight is 413 g/mol. The van der Waals surface area contributed by atoms with E-state index in [2.05, 4.69) is 16.0 Å². The smallest absolute Gasteiger partial charge is 0.313 e. The minimum atomic E-state index is -0.876. The number of furan rings is 1. The second-order valence-electron chi connectivity index (χ2n) is 6.12. The number of rotatable bonds is 6. The van der Waals surface area contributed by atoms with Crippen molar-refractivity contribution in [3.05, 3.63) is 70.3 Å². The molecule has 0 aliphatic rings. The molecule has 0 aliphatic carbocycles. The highest BCUT2D eigenvalue weighted by molar-refractivity contribution is 7.12. The second kappa shape index (κ2) is 9.18. The van der Waals surface area contributed by atoms with E-state index >= 15 is 0 Å². The van der Waals surface area contributed by atoms with Crippen LogP contribution in [-0.2, 0) is 20.9 Å². The third-order valence-electron chi connectivity index (χ3n) is 3.83. The molecule has 0 saturated heterocycles. The fourth-order valence-corrected chi connectivity index (χ4v) is 3.48. The number of thiophene rings is 1. The van der Waals surface area contributed by atoms with E-state index in [0.717, 1.165) is 4.88 Å². The summed E-state index contributed by atoms with van der Waals surface area (Å²) < 4.78 is 5.19. The number of carbonyl (C=O) groups excluding carboxylic acids is 3. The lowest BCUT2D eigenvalue weighted by atomic mass is 10.2. The molecule has 0 bridgehead atoms. The van der Waals surface area contributed by atoms with E-state index < -0.39 is 17.9 Å². The maximum absolute atomic E-state index is 12.1. The first-order valence-electron chi connectivity index (χ1n) is 8.69. The Balaban J connectivity index is 1.53. The SMILES string of the molecule is CC(=O)Nc1cccc(NC(=O)C(=O)NCc2ccc(C(O)c3ccco3)s2)c1. The van der Waals surface area contributed by atoms with E-state index in [1.807, 2.05) is 0 Å². The Morgan fingerprint density at radius 3 is 2.48 bits per heavy atom. The van der Waals surface area contributed by atoms with Crippen molar-refractivity contribution >= 4 is 40.4 Å². The van der Waals surface area contributed by atoms with Crippen LogP contribution in [0.3, 0.4) is 0 Å². The van der Waals surface area contributed by atoms with Crippen LogP contribution in [0.4, 0.5) is 11.4 Å². The Bertz CT molecular complexity index is 1010. The van der Waals surface area contributed by atoms with E-state index in [4.69, 9.17) is 4.42 Å². The summed E-state index contributed by atoms with van der Waals surface area (Å²) in [5, 5.41) is 17.9. The zero-order chi connectivity index (χ0) is 20.8. The van der Waals surface area contributed by atoms with Gasteiger partial charge in [-0.3, -0.25) is 14.4 Å². The predicted molar refractivity (Wildman–Crippen MR) is 108 cm³/mol. The van der Waals surface area contributed by atoms with Gasteiger partial charge in [-0.15, -0.1) is 11.3 Å². The molecule has 29 heavy (non-hydrogen) atoms. The molecule has 3 rings (SSSR count). The topological polar surface area (TPSA) is 121 Å². The van der Waals surface area contributed by atoms with Gasteiger partial charge in [-0.2, -0.15) is 0 Å². The third-order valence-corrected chi connectivity index (χ3v) is 4.97. The number of carbonyl (C=O) groups is 3. The number of nitrogens with one attached hydrogen (secondary N) is 3. The molecule has 0 saturated carbocycles. The van der Waals surface area contributed by atoms with Crippen molar-refractivity contribution in [2.45, 2.75) is 19.6 Å². The summed E-state index contributed by atoms with van der Waals surface area (Å²) in [6, 6.07) is 13.4. The van der Waals surface area contributed by atoms with Crippen molar-refractivity contribution in [1.29, 1.82) is 0 Å². The van der Waals surface area contributed by atoms with Crippen molar-refractivity contribution in [2.24, 2.45) is 0 Å². The van der Waals surface area contributed by atoms with E-state index in [1.54, 1.807) is 48.5 Å². The van der Waals surface area contributed by atoms with Gasteiger partial charge in [-0.1, -0.05) is 6.07 Å². The van der Waals surface area contributed by atoms with Crippen molar-refractivity contribution < 1.29 is 23.9 Å². The lowest BCUT2D eigenvalue weighted by Crippen LogP contribution is -2.34. The normalized spacial score (nSPS) is 11.5. The lowest BCUT2D eigenvalue weighted by Gasteiger charge is -2.08. The van der Waals surface area contributed by atoms with Gasteiger partial charge in [0.05, 0.1) is 12.8 Å². The summed E-state index contributed by atoms with van der Waals surface area (Å²) >= 11 is 1.31. The van der Waals surface area contributed by atoms with Crippen molar-refractivity contribution in [3.8, 4) is 0 Å². The first-order valence-corrected chi connectivity index (χ1v) is 9.51. The number of aliphatic hydroxyl groups excluding tert-OH is 1. The molecule has 2 heterocycles. The summed E-state index contributed by atoms with van der Waals surface area (Å²) in [7, 11) is 0. The maximum atomic E-state index is 12.1. The fraction of sp³-hybridized carbons (Fsp3) is 0.150. The van der Waals surface area contributed by atoms with E-state index in [-0.39, 0.29) is 12.5 Å². The molecule has 1 atom stereocenters. The maximum Gasteiger partial charge on any atom is 0.313 e. The van der Waals surface area contributed by atoms with Gasteiger partial charge in [-0.05, 0) is 42.5 Å². The third kappa shape index (κ3) is 5.53. The van der Waals surface area contributed by atoms with Crippen LogP contribution in [0.25, 0.3) is 0 Å². The van der Waals surface area contributed by atoms with Crippen LogP contribution in [0.15, 0.2) is 59.2 Å². The molecule has 4 N–H and O–H groups in total. The highest BCUT2D eigenvalue weighted by Crippen LogP contribution is 2.28. The van der Waals surface area contributed by atoms with E-state index in [0.29, 0.717) is 22.0 Å². The number of hydrogen-bond acceptors (Lipinski definition) is 6. The van der Waals surface area contributed by atoms with Gasteiger partial charge in [0.15, 0.2) is 0 Å². The molecule has 3 amide bonds. The van der Waals surface area contributed by atoms with E-state index in [1.165, 1.54) is 24.5 Å². The van der Waals surface area contributed by atoms with E-state index in [9.17, 15) is 19.5 Å². The Morgan fingerprint density at radius 1 is 1.03 bits per heavy atom. The molecule has 150 valence electrons. The zero-order valence-corrected chi connectivity index (χ0v) is 16.3. The molecule has 8 nitrogen and oxygen atoms in total. The molecule has 0 spiro atoms. The van der Waals surface area contributed by atoms with Crippen LogP contribution in [0.1, 0.15) is 28.5 Å².